The summed E-state index contributed by atoms with van der Waals surface area (Å²) in [7, 11) is 1.53. The minimum Gasteiger partial charge on any atom is -0.495 e. The van der Waals surface area contributed by atoms with Crippen LogP contribution in [0.2, 0.25) is 10.0 Å². The Kier molecular flexibility index (Phi) is 5.69. The number of carbonyl (C=O) groups is 2. The number of rotatable bonds is 5. The van der Waals surface area contributed by atoms with Crippen LogP contribution < -0.4 is 15.0 Å². The second kappa shape index (κ2) is 7.98. The monoisotopic (exact) mass is 392 g/mol. The van der Waals surface area contributed by atoms with Crippen LogP contribution in [0.15, 0.2) is 42.5 Å². The normalized spacial score (nSPS) is 16.7. The number of hydrogen-bond acceptors (Lipinski definition) is 3. The molecule has 7 heteroatoms. The molecule has 1 atom stereocenters. The van der Waals surface area contributed by atoms with E-state index in [1.165, 1.54) is 7.11 Å². The molecule has 2 amide bonds. The summed E-state index contributed by atoms with van der Waals surface area (Å²) in [4.78, 5) is 26.5. The van der Waals surface area contributed by atoms with Crippen LogP contribution in [0, 0.1) is 5.92 Å². The van der Waals surface area contributed by atoms with Crippen molar-refractivity contribution in [2.75, 3.05) is 18.6 Å². The van der Waals surface area contributed by atoms with Crippen molar-refractivity contribution in [1.29, 1.82) is 0 Å². The minimum absolute atomic E-state index is 0.136. The Labute approximate surface area is 161 Å². The lowest BCUT2D eigenvalue weighted by Crippen LogP contribution is -2.32. The maximum Gasteiger partial charge on any atom is 0.227 e. The number of nitrogens with one attached hydrogen (secondary N) is 1. The third-order valence-electron chi connectivity index (χ3n) is 4.34. The van der Waals surface area contributed by atoms with Crippen molar-refractivity contribution in [1.82, 2.24) is 5.32 Å². The largest absolute Gasteiger partial charge is 0.495 e. The van der Waals surface area contributed by atoms with Gasteiger partial charge in [-0.1, -0.05) is 41.4 Å². The molecule has 0 aliphatic carbocycles. The highest BCUT2D eigenvalue weighted by molar-refractivity contribution is 6.31. The Balaban J connectivity index is 1.69. The first-order valence-electron chi connectivity index (χ1n) is 8.14. The van der Waals surface area contributed by atoms with Crippen LogP contribution in [-0.2, 0) is 16.1 Å². The maximum absolute atomic E-state index is 12.5. The van der Waals surface area contributed by atoms with E-state index in [1.54, 1.807) is 29.2 Å². The second-order valence-corrected chi connectivity index (χ2v) is 6.87. The molecule has 3 rings (SSSR count). The molecule has 0 aromatic heterocycles. The summed E-state index contributed by atoms with van der Waals surface area (Å²) in [6.45, 7) is 0.605. The lowest BCUT2D eigenvalue weighted by atomic mass is 10.1. The molecule has 1 saturated heterocycles. The highest BCUT2D eigenvalue weighted by Crippen LogP contribution is 2.35. The fourth-order valence-electron chi connectivity index (χ4n) is 2.96. The quantitative estimate of drug-likeness (QED) is 0.844. The van der Waals surface area contributed by atoms with Crippen LogP contribution in [0.25, 0.3) is 0 Å². The van der Waals surface area contributed by atoms with Crippen LogP contribution >= 0.6 is 23.2 Å². The molecule has 2 aromatic rings. The summed E-state index contributed by atoms with van der Waals surface area (Å²) >= 11 is 12.1. The maximum atomic E-state index is 12.5. The van der Waals surface area contributed by atoms with Crippen molar-refractivity contribution >= 4 is 40.7 Å². The van der Waals surface area contributed by atoms with Crippen molar-refractivity contribution in [3.05, 3.63) is 58.1 Å². The molecule has 0 radical (unpaired) electrons. The van der Waals surface area contributed by atoms with Gasteiger partial charge in [0.1, 0.15) is 5.75 Å². The van der Waals surface area contributed by atoms with Crippen LogP contribution in [0.1, 0.15) is 12.0 Å². The van der Waals surface area contributed by atoms with E-state index in [2.05, 4.69) is 5.32 Å². The fraction of sp³-hybridized carbons (Fsp3) is 0.263. The fourth-order valence-corrected chi connectivity index (χ4v) is 3.33. The van der Waals surface area contributed by atoms with Crippen LogP contribution in [0.3, 0.4) is 0 Å². The molecule has 5 nitrogen and oxygen atoms in total. The van der Waals surface area contributed by atoms with Gasteiger partial charge in [-0.2, -0.15) is 0 Å². The van der Waals surface area contributed by atoms with Gasteiger partial charge in [-0.25, -0.2) is 0 Å². The number of benzene rings is 2. The van der Waals surface area contributed by atoms with E-state index in [-0.39, 0.29) is 24.8 Å². The summed E-state index contributed by atoms with van der Waals surface area (Å²) in [5, 5.41) is 3.95. The Morgan fingerprint density at radius 1 is 1.27 bits per heavy atom. The highest BCUT2D eigenvalue weighted by Gasteiger charge is 2.36. The summed E-state index contributed by atoms with van der Waals surface area (Å²) in [6.07, 6.45) is 0.143. The molecule has 1 aliphatic heterocycles. The average Bonchev–Trinajstić information content (AvgIpc) is 3.02. The second-order valence-electron chi connectivity index (χ2n) is 6.03. The number of anilines is 1. The summed E-state index contributed by atoms with van der Waals surface area (Å²) in [5.74, 6) is -0.209. The van der Waals surface area contributed by atoms with Crippen LogP contribution in [0.4, 0.5) is 5.69 Å². The van der Waals surface area contributed by atoms with Gasteiger partial charge in [0.05, 0.1) is 18.7 Å². The molecule has 0 bridgehead atoms. The molecule has 1 fully saturated rings. The Bertz CT molecular complexity index is 841. The van der Waals surface area contributed by atoms with Crippen LogP contribution in [0.5, 0.6) is 5.75 Å². The first kappa shape index (κ1) is 18.5. The zero-order chi connectivity index (χ0) is 18.7. The van der Waals surface area contributed by atoms with E-state index >= 15 is 0 Å². The van der Waals surface area contributed by atoms with Crippen molar-refractivity contribution in [3.63, 3.8) is 0 Å². The van der Waals surface area contributed by atoms with Gasteiger partial charge in [0.2, 0.25) is 11.8 Å². The van der Waals surface area contributed by atoms with E-state index in [0.29, 0.717) is 28.0 Å². The molecule has 2 aromatic carbocycles. The number of amides is 2. The van der Waals surface area contributed by atoms with Crippen molar-refractivity contribution in [3.8, 4) is 5.75 Å². The summed E-state index contributed by atoms with van der Waals surface area (Å²) < 4.78 is 5.31. The van der Waals surface area contributed by atoms with E-state index < -0.39 is 5.92 Å². The predicted octanol–water partition coefficient (Wildman–Crippen LogP) is 3.67. The molecule has 0 spiro atoms. The Morgan fingerprint density at radius 2 is 2.04 bits per heavy atom. The standard InChI is InChI=1S/C19H18Cl2N2O3/c1-26-17-7-6-14(20)9-16(17)23-11-13(8-18(23)24)19(25)22-10-12-4-2-3-5-15(12)21/h2-7,9,13H,8,10-11H2,1H3,(H,22,25). The zero-order valence-corrected chi connectivity index (χ0v) is 15.7. The van der Waals surface area contributed by atoms with E-state index in [4.69, 9.17) is 27.9 Å². The molecule has 26 heavy (non-hydrogen) atoms. The third kappa shape index (κ3) is 3.94. The van der Waals surface area contributed by atoms with Crippen LogP contribution in [-0.4, -0.2) is 25.5 Å². The number of methoxy groups -OCH3 is 1. The van der Waals surface area contributed by atoms with E-state index in [0.717, 1.165) is 5.56 Å². The van der Waals surface area contributed by atoms with Gasteiger partial charge in [0, 0.05) is 29.6 Å². The van der Waals surface area contributed by atoms with Gasteiger partial charge in [-0.3, -0.25) is 9.59 Å². The lowest BCUT2D eigenvalue weighted by molar-refractivity contribution is -0.126. The number of carbonyl (C=O) groups excluding carboxylic acids is 2. The smallest absolute Gasteiger partial charge is 0.227 e. The van der Waals surface area contributed by atoms with E-state index in [1.807, 2.05) is 18.2 Å². The topological polar surface area (TPSA) is 58.6 Å². The number of ether oxygens (including phenoxy) is 1. The Morgan fingerprint density at radius 3 is 2.77 bits per heavy atom. The number of nitrogens with zero attached hydrogens (tertiary/aromatic N) is 1. The lowest BCUT2D eigenvalue weighted by Gasteiger charge is -2.20. The first-order chi connectivity index (χ1) is 12.5. The molecule has 1 unspecified atom stereocenters. The van der Waals surface area contributed by atoms with Crippen molar-refractivity contribution in [2.45, 2.75) is 13.0 Å². The highest BCUT2D eigenvalue weighted by atomic mass is 35.5. The van der Waals surface area contributed by atoms with Gasteiger partial charge < -0.3 is 15.0 Å². The Hall–Kier alpha value is -2.24. The summed E-state index contributed by atoms with van der Waals surface area (Å²) in [5.41, 5.74) is 1.41. The van der Waals surface area contributed by atoms with Gasteiger partial charge in [-0.15, -0.1) is 0 Å². The van der Waals surface area contributed by atoms with E-state index in [9.17, 15) is 9.59 Å². The first-order valence-corrected chi connectivity index (χ1v) is 8.90. The molecule has 0 saturated carbocycles. The molecule has 1 heterocycles. The predicted molar refractivity (Wildman–Crippen MR) is 102 cm³/mol. The average molecular weight is 393 g/mol. The molecular formula is C19H18Cl2N2O3. The van der Waals surface area contributed by atoms with Crippen molar-refractivity contribution in [2.24, 2.45) is 5.92 Å². The third-order valence-corrected chi connectivity index (χ3v) is 4.94. The molecular weight excluding hydrogens is 375 g/mol. The number of halogens is 2. The van der Waals surface area contributed by atoms with Gasteiger partial charge in [0.15, 0.2) is 0 Å². The number of hydrogen-bond donors (Lipinski definition) is 1. The summed E-state index contributed by atoms with van der Waals surface area (Å²) in [6, 6.07) is 12.4. The van der Waals surface area contributed by atoms with Crippen molar-refractivity contribution < 1.29 is 14.3 Å². The van der Waals surface area contributed by atoms with Gasteiger partial charge in [0.25, 0.3) is 0 Å². The van der Waals surface area contributed by atoms with Gasteiger partial charge in [-0.05, 0) is 29.8 Å². The molecule has 1 aliphatic rings. The minimum atomic E-state index is -0.436. The van der Waals surface area contributed by atoms with Gasteiger partial charge >= 0.3 is 0 Å². The molecule has 1 N–H and O–H groups in total. The molecule has 136 valence electrons. The zero-order valence-electron chi connectivity index (χ0n) is 14.2. The SMILES string of the molecule is COc1ccc(Cl)cc1N1CC(C(=O)NCc2ccccc2Cl)CC1=O.